The molecule has 8 heteroatoms. The average molecular weight is 458 g/mol. The van der Waals surface area contributed by atoms with Gasteiger partial charge in [-0.1, -0.05) is 6.07 Å². The predicted molar refractivity (Wildman–Crippen MR) is 127 cm³/mol. The zero-order chi connectivity index (χ0) is 24.1. The monoisotopic (exact) mass is 457 g/mol. The van der Waals surface area contributed by atoms with Crippen molar-refractivity contribution in [1.29, 1.82) is 0 Å². The van der Waals surface area contributed by atoms with Crippen molar-refractivity contribution in [3.05, 3.63) is 47.8 Å². The fourth-order valence-electron chi connectivity index (χ4n) is 3.86. The molecule has 178 valence electrons. The molecule has 0 aromatic heterocycles. The Balaban J connectivity index is 1.57. The highest BCUT2D eigenvalue weighted by Gasteiger charge is 2.34. The number of carbonyl (C=O) groups excluding carboxylic acids is 2. The maximum absolute atomic E-state index is 14.5. The zero-order valence-corrected chi connectivity index (χ0v) is 19.9. The summed E-state index contributed by atoms with van der Waals surface area (Å²) < 4.78 is 25.1. The zero-order valence-electron chi connectivity index (χ0n) is 19.9. The molecular weight excluding hydrogens is 425 g/mol. The van der Waals surface area contributed by atoms with E-state index in [4.69, 9.17) is 9.47 Å². The lowest BCUT2D eigenvalue weighted by Crippen LogP contribution is -2.30. The van der Waals surface area contributed by atoms with Gasteiger partial charge in [0.05, 0.1) is 25.8 Å². The first-order valence-electron chi connectivity index (χ1n) is 11.1. The molecule has 0 spiro atoms. The Labute approximate surface area is 194 Å². The Morgan fingerprint density at radius 3 is 2.55 bits per heavy atom. The minimum absolute atomic E-state index is 0.0595. The SMILES string of the molecule is COc1ccc(CCN2CC(C(=O)Nc3ccc(N(C)C(C)C)c(F)c3)CC2=O)cc1OC. The number of hydrogen-bond donors (Lipinski definition) is 1. The Morgan fingerprint density at radius 1 is 1.18 bits per heavy atom. The number of likely N-dealkylation sites (tertiary alicyclic amines) is 1. The van der Waals surface area contributed by atoms with Crippen molar-refractivity contribution in [2.24, 2.45) is 5.92 Å². The number of ether oxygens (including phenoxy) is 2. The van der Waals surface area contributed by atoms with E-state index in [1.54, 1.807) is 31.3 Å². The molecule has 1 unspecified atom stereocenters. The molecule has 1 saturated heterocycles. The van der Waals surface area contributed by atoms with Gasteiger partial charge in [-0.2, -0.15) is 0 Å². The Kier molecular flexibility index (Phi) is 7.79. The Bertz CT molecular complexity index is 1010. The summed E-state index contributed by atoms with van der Waals surface area (Å²) in [5, 5.41) is 2.76. The number of nitrogens with zero attached hydrogens (tertiary/aromatic N) is 2. The molecule has 1 aliphatic rings. The van der Waals surface area contributed by atoms with Gasteiger partial charge in [0.25, 0.3) is 0 Å². The Morgan fingerprint density at radius 2 is 1.91 bits per heavy atom. The number of anilines is 2. The van der Waals surface area contributed by atoms with E-state index in [0.29, 0.717) is 42.4 Å². The smallest absolute Gasteiger partial charge is 0.229 e. The van der Waals surface area contributed by atoms with Gasteiger partial charge in [-0.25, -0.2) is 4.39 Å². The van der Waals surface area contributed by atoms with Crippen LogP contribution in [-0.2, 0) is 16.0 Å². The number of amides is 2. The van der Waals surface area contributed by atoms with Crippen LogP contribution in [0.2, 0.25) is 0 Å². The van der Waals surface area contributed by atoms with Crippen LogP contribution in [0.3, 0.4) is 0 Å². The molecule has 2 amide bonds. The standard InChI is InChI=1S/C25H32FN3O4/c1-16(2)28(3)21-8-7-19(14-20(21)26)27-25(31)18-13-24(30)29(15-18)11-10-17-6-9-22(32-4)23(12-17)33-5/h6-9,12,14,16,18H,10-11,13,15H2,1-5H3,(H,27,31). The molecule has 0 aliphatic carbocycles. The number of benzene rings is 2. The topological polar surface area (TPSA) is 71.1 Å². The third-order valence-electron chi connectivity index (χ3n) is 6.07. The summed E-state index contributed by atoms with van der Waals surface area (Å²) in [4.78, 5) is 28.7. The number of rotatable bonds is 9. The summed E-state index contributed by atoms with van der Waals surface area (Å²) >= 11 is 0. The molecule has 0 bridgehead atoms. The molecule has 1 atom stereocenters. The number of nitrogens with one attached hydrogen (secondary N) is 1. The van der Waals surface area contributed by atoms with Crippen LogP contribution in [0.1, 0.15) is 25.8 Å². The quantitative estimate of drug-likeness (QED) is 0.622. The summed E-state index contributed by atoms with van der Waals surface area (Å²) in [7, 11) is 4.98. The highest BCUT2D eigenvalue weighted by Crippen LogP contribution is 2.29. The van der Waals surface area contributed by atoms with E-state index in [9.17, 15) is 14.0 Å². The summed E-state index contributed by atoms with van der Waals surface area (Å²) in [5.74, 6) is 0.0810. The first-order valence-corrected chi connectivity index (χ1v) is 11.1. The first-order chi connectivity index (χ1) is 15.7. The molecule has 7 nitrogen and oxygen atoms in total. The van der Waals surface area contributed by atoms with Crippen LogP contribution in [-0.4, -0.2) is 57.1 Å². The maximum atomic E-state index is 14.5. The lowest BCUT2D eigenvalue weighted by atomic mass is 10.1. The van der Waals surface area contributed by atoms with Gasteiger partial charge >= 0.3 is 0 Å². The molecular formula is C25H32FN3O4. The van der Waals surface area contributed by atoms with Crippen molar-refractivity contribution in [2.45, 2.75) is 32.7 Å². The van der Waals surface area contributed by atoms with E-state index in [1.165, 1.54) is 6.07 Å². The van der Waals surface area contributed by atoms with Crippen LogP contribution in [0.4, 0.5) is 15.8 Å². The second-order valence-corrected chi connectivity index (χ2v) is 8.54. The second-order valence-electron chi connectivity index (χ2n) is 8.54. The summed E-state index contributed by atoms with van der Waals surface area (Å²) in [6, 6.07) is 10.5. The molecule has 1 N–H and O–H groups in total. The van der Waals surface area contributed by atoms with E-state index < -0.39 is 11.7 Å². The van der Waals surface area contributed by atoms with Crippen molar-refractivity contribution in [2.75, 3.05) is 44.6 Å². The van der Waals surface area contributed by atoms with Gasteiger partial charge in [0.1, 0.15) is 5.82 Å². The highest BCUT2D eigenvalue weighted by atomic mass is 19.1. The van der Waals surface area contributed by atoms with Crippen molar-refractivity contribution < 1.29 is 23.5 Å². The van der Waals surface area contributed by atoms with Gasteiger partial charge in [0.15, 0.2) is 11.5 Å². The van der Waals surface area contributed by atoms with Gasteiger partial charge in [0, 0.05) is 38.3 Å². The van der Waals surface area contributed by atoms with E-state index in [2.05, 4.69) is 5.32 Å². The maximum Gasteiger partial charge on any atom is 0.229 e. The van der Waals surface area contributed by atoms with Crippen LogP contribution >= 0.6 is 0 Å². The predicted octanol–water partition coefficient (Wildman–Crippen LogP) is 3.72. The molecule has 0 radical (unpaired) electrons. The van der Waals surface area contributed by atoms with Crippen molar-refractivity contribution in [1.82, 2.24) is 4.90 Å². The van der Waals surface area contributed by atoms with Gasteiger partial charge in [-0.15, -0.1) is 0 Å². The lowest BCUT2D eigenvalue weighted by molar-refractivity contribution is -0.128. The van der Waals surface area contributed by atoms with E-state index in [-0.39, 0.29) is 24.3 Å². The molecule has 1 heterocycles. The normalized spacial score (nSPS) is 15.7. The second kappa shape index (κ2) is 10.6. The summed E-state index contributed by atoms with van der Waals surface area (Å²) in [6.45, 7) is 4.80. The van der Waals surface area contributed by atoms with Gasteiger partial charge in [-0.05, 0) is 56.2 Å². The van der Waals surface area contributed by atoms with E-state index >= 15 is 0 Å². The van der Waals surface area contributed by atoms with Crippen LogP contribution in [0.15, 0.2) is 36.4 Å². The molecule has 33 heavy (non-hydrogen) atoms. The van der Waals surface area contributed by atoms with Crippen LogP contribution in [0, 0.1) is 11.7 Å². The van der Waals surface area contributed by atoms with Crippen molar-refractivity contribution in [3.8, 4) is 11.5 Å². The minimum atomic E-state index is -0.469. The van der Waals surface area contributed by atoms with E-state index in [1.807, 2.05) is 44.0 Å². The minimum Gasteiger partial charge on any atom is -0.493 e. The van der Waals surface area contributed by atoms with Crippen LogP contribution in [0.5, 0.6) is 11.5 Å². The summed E-state index contributed by atoms with van der Waals surface area (Å²) in [5.41, 5.74) is 1.87. The van der Waals surface area contributed by atoms with Crippen LogP contribution in [0.25, 0.3) is 0 Å². The molecule has 2 aromatic rings. The van der Waals surface area contributed by atoms with Crippen molar-refractivity contribution >= 4 is 23.2 Å². The summed E-state index contributed by atoms with van der Waals surface area (Å²) in [6.07, 6.45) is 0.783. The number of carbonyl (C=O) groups is 2. The fraction of sp³-hybridized carbons (Fsp3) is 0.440. The first kappa shape index (κ1) is 24.4. The van der Waals surface area contributed by atoms with E-state index in [0.717, 1.165) is 5.56 Å². The lowest BCUT2D eigenvalue weighted by Gasteiger charge is -2.24. The fourth-order valence-corrected chi connectivity index (χ4v) is 3.86. The van der Waals surface area contributed by atoms with Crippen LogP contribution < -0.4 is 19.7 Å². The molecule has 1 aliphatic heterocycles. The molecule has 1 fully saturated rings. The van der Waals surface area contributed by atoms with Crippen molar-refractivity contribution in [3.63, 3.8) is 0 Å². The number of hydrogen-bond acceptors (Lipinski definition) is 5. The third kappa shape index (κ3) is 5.74. The number of methoxy groups -OCH3 is 2. The molecule has 0 saturated carbocycles. The number of halogens is 1. The van der Waals surface area contributed by atoms with Gasteiger partial charge < -0.3 is 24.6 Å². The van der Waals surface area contributed by atoms with Gasteiger partial charge in [0.2, 0.25) is 11.8 Å². The molecule has 3 rings (SSSR count). The average Bonchev–Trinajstić information content (AvgIpc) is 3.17. The van der Waals surface area contributed by atoms with Gasteiger partial charge in [-0.3, -0.25) is 9.59 Å². The molecule has 2 aromatic carbocycles. The third-order valence-corrected chi connectivity index (χ3v) is 6.07. The highest BCUT2D eigenvalue weighted by molar-refractivity contribution is 5.97. The Hall–Kier alpha value is -3.29. The largest absolute Gasteiger partial charge is 0.493 e.